The molecule has 0 saturated heterocycles. The van der Waals surface area contributed by atoms with Crippen LogP contribution in [0.15, 0.2) is 48.7 Å². The van der Waals surface area contributed by atoms with Crippen LogP contribution in [0.5, 0.6) is 0 Å². The Morgan fingerprint density at radius 2 is 1.92 bits per heavy atom. The highest BCUT2D eigenvalue weighted by Gasteiger charge is 2.37. The number of benzene rings is 2. The third-order valence-electron chi connectivity index (χ3n) is 7.85. The van der Waals surface area contributed by atoms with Crippen molar-refractivity contribution < 1.29 is 18.3 Å². The summed E-state index contributed by atoms with van der Waals surface area (Å²) >= 11 is 0. The van der Waals surface area contributed by atoms with Gasteiger partial charge in [0.1, 0.15) is 0 Å². The highest BCUT2D eigenvalue weighted by atomic mass is 32.2. The van der Waals surface area contributed by atoms with Crippen molar-refractivity contribution in [1.82, 2.24) is 15.2 Å². The van der Waals surface area contributed by atoms with E-state index < -0.39 is 22.2 Å². The molecule has 5 rings (SSSR count). The molecule has 2 heterocycles. The molecule has 2 atom stereocenters. The van der Waals surface area contributed by atoms with Crippen LogP contribution in [-0.4, -0.2) is 61.0 Å². The zero-order chi connectivity index (χ0) is 26.4. The Hall–Kier alpha value is -2.88. The first-order valence-corrected chi connectivity index (χ1v) is 14.6. The minimum absolute atomic E-state index is 0.0276. The molecule has 0 spiro atoms. The molecule has 0 radical (unpaired) electrons. The van der Waals surface area contributed by atoms with Gasteiger partial charge in [-0.15, -0.1) is 0 Å². The summed E-state index contributed by atoms with van der Waals surface area (Å²) < 4.78 is 29.1. The lowest BCUT2D eigenvalue weighted by Crippen LogP contribution is -2.50. The first-order chi connectivity index (χ1) is 17.6. The van der Waals surface area contributed by atoms with Crippen molar-refractivity contribution in [2.24, 2.45) is 0 Å². The van der Waals surface area contributed by atoms with Crippen molar-refractivity contribution in [3.63, 3.8) is 0 Å². The maximum atomic E-state index is 13.6. The Morgan fingerprint density at radius 3 is 2.59 bits per heavy atom. The van der Waals surface area contributed by atoms with Crippen molar-refractivity contribution in [3.8, 4) is 0 Å². The van der Waals surface area contributed by atoms with Gasteiger partial charge in [0, 0.05) is 42.8 Å². The molecule has 2 aliphatic rings. The number of amides is 1. The van der Waals surface area contributed by atoms with Crippen LogP contribution in [0, 0.1) is 0 Å². The van der Waals surface area contributed by atoms with Gasteiger partial charge in [0.2, 0.25) is 10.0 Å². The number of nitrogens with zero attached hydrogens (tertiary/aromatic N) is 2. The number of carbonyl (C=O) groups excluding carboxylic acids is 1. The second kappa shape index (κ2) is 9.78. The lowest BCUT2D eigenvalue weighted by Gasteiger charge is -2.26. The van der Waals surface area contributed by atoms with Crippen molar-refractivity contribution >= 4 is 32.5 Å². The number of aliphatic hydroxyl groups excluding tert-OH is 1. The molecule has 1 amide bonds. The highest BCUT2D eigenvalue weighted by Crippen LogP contribution is 2.37. The van der Waals surface area contributed by atoms with Crippen molar-refractivity contribution in [3.05, 3.63) is 65.4 Å². The quantitative estimate of drug-likeness (QED) is 0.399. The topological polar surface area (TPSA) is 104 Å². The second-order valence-electron chi connectivity index (χ2n) is 10.6. The standard InChI is InChI=1S/C28H36N4O4S/c1-4-32-18-20-10-13-37(35,36)31(3)23-15-21(16-24(32)26(20)23)27(34)30-22(14-19-8-6-5-7-9-19)25(33)17-29-28(2)11-12-28/h5-9,15-16,18,22,25,29,33H,4,10-14,17H2,1-3H3,(H,30,34)/t22-,25+/m0/s1. The second-order valence-corrected chi connectivity index (χ2v) is 12.8. The monoisotopic (exact) mass is 524 g/mol. The number of rotatable bonds is 9. The number of anilines is 1. The van der Waals surface area contributed by atoms with Crippen LogP contribution >= 0.6 is 0 Å². The molecule has 0 bridgehead atoms. The van der Waals surface area contributed by atoms with Gasteiger partial charge in [-0.2, -0.15) is 0 Å². The van der Waals surface area contributed by atoms with Crippen LogP contribution in [0.3, 0.4) is 0 Å². The number of aromatic nitrogens is 1. The van der Waals surface area contributed by atoms with E-state index in [-0.39, 0.29) is 17.2 Å². The average Bonchev–Trinajstić information content (AvgIpc) is 3.54. The van der Waals surface area contributed by atoms with Gasteiger partial charge in [0.05, 0.1) is 29.1 Å². The molecule has 3 N–H and O–H groups in total. The summed E-state index contributed by atoms with van der Waals surface area (Å²) in [5.74, 6) is -0.309. The number of sulfonamides is 1. The molecule has 1 aliphatic carbocycles. The molecule has 1 aromatic heterocycles. The average molecular weight is 525 g/mol. The Morgan fingerprint density at radius 1 is 1.19 bits per heavy atom. The summed E-state index contributed by atoms with van der Waals surface area (Å²) in [5, 5.41) is 18.5. The van der Waals surface area contributed by atoms with Crippen LogP contribution in [0.1, 0.15) is 48.2 Å². The van der Waals surface area contributed by atoms with E-state index in [2.05, 4.69) is 22.1 Å². The van der Waals surface area contributed by atoms with Gasteiger partial charge < -0.3 is 20.3 Å². The fraction of sp³-hybridized carbons (Fsp3) is 0.464. The van der Waals surface area contributed by atoms with E-state index >= 15 is 0 Å². The molecular formula is C28H36N4O4S. The van der Waals surface area contributed by atoms with Gasteiger partial charge in [-0.3, -0.25) is 9.10 Å². The molecule has 3 aromatic rings. The zero-order valence-corrected chi connectivity index (χ0v) is 22.5. The van der Waals surface area contributed by atoms with Crippen molar-refractivity contribution in [1.29, 1.82) is 0 Å². The summed E-state index contributed by atoms with van der Waals surface area (Å²) in [5.41, 5.74) is 3.79. The molecule has 8 nitrogen and oxygen atoms in total. The molecule has 1 saturated carbocycles. The predicted octanol–water partition coefficient (Wildman–Crippen LogP) is 2.83. The Kier molecular flexibility index (Phi) is 6.81. The van der Waals surface area contributed by atoms with E-state index in [1.807, 2.05) is 49.5 Å². The van der Waals surface area contributed by atoms with E-state index in [0.29, 0.717) is 37.2 Å². The number of hydrogen-bond donors (Lipinski definition) is 3. The largest absolute Gasteiger partial charge is 0.390 e. The molecular weight excluding hydrogens is 488 g/mol. The fourth-order valence-corrected chi connectivity index (χ4v) is 6.30. The van der Waals surface area contributed by atoms with E-state index in [1.54, 1.807) is 13.1 Å². The maximum absolute atomic E-state index is 13.6. The van der Waals surface area contributed by atoms with E-state index in [1.165, 1.54) is 4.31 Å². The number of aliphatic hydroxyl groups is 1. The molecule has 0 unspecified atom stereocenters. The highest BCUT2D eigenvalue weighted by molar-refractivity contribution is 7.92. The summed E-state index contributed by atoms with van der Waals surface area (Å²) in [7, 11) is -1.94. The van der Waals surface area contributed by atoms with Gasteiger partial charge in [-0.25, -0.2) is 8.42 Å². The van der Waals surface area contributed by atoms with Crippen LogP contribution in [0.25, 0.3) is 10.9 Å². The predicted molar refractivity (Wildman–Crippen MR) is 147 cm³/mol. The Labute approximate surface area is 218 Å². The number of carbonyl (C=O) groups is 1. The Bertz CT molecular complexity index is 1410. The van der Waals surface area contributed by atoms with Gasteiger partial charge in [-0.1, -0.05) is 30.3 Å². The molecule has 2 aromatic carbocycles. The van der Waals surface area contributed by atoms with Crippen LogP contribution in [0.4, 0.5) is 5.69 Å². The first kappa shape index (κ1) is 25.8. The van der Waals surface area contributed by atoms with Gasteiger partial charge >= 0.3 is 0 Å². The number of β-amino-alcohol motifs (C(OH)–C–C–N with tert-alkyl or cyclic N) is 1. The summed E-state index contributed by atoms with van der Waals surface area (Å²) in [6.45, 7) is 5.25. The van der Waals surface area contributed by atoms with Crippen LogP contribution < -0.4 is 14.9 Å². The normalized spacial score (nSPS) is 19.3. The summed E-state index contributed by atoms with van der Waals surface area (Å²) in [6, 6.07) is 12.8. The van der Waals surface area contributed by atoms with Crippen molar-refractivity contribution in [2.45, 2.75) is 63.8 Å². The number of nitrogens with one attached hydrogen (secondary N) is 2. The first-order valence-electron chi connectivity index (χ1n) is 13.0. The van der Waals surface area contributed by atoms with Crippen molar-refractivity contribution in [2.75, 3.05) is 23.7 Å². The molecule has 1 fully saturated rings. The fourth-order valence-electron chi connectivity index (χ4n) is 5.11. The lowest BCUT2D eigenvalue weighted by atomic mass is 9.99. The summed E-state index contributed by atoms with van der Waals surface area (Å²) in [4.78, 5) is 13.6. The number of aryl methyl sites for hydroxylation is 2. The maximum Gasteiger partial charge on any atom is 0.251 e. The van der Waals surface area contributed by atoms with Gasteiger partial charge in [0.25, 0.3) is 5.91 Å². The molecule has 9 heteroatoms. The zero-order valence-electron chi connectivity index (χ0n) is 21.7. The van der Waals surface area contributed by atoms with E-state index in [9.17, 15) is 18.3 Å². The van der Waals surface area contributed by atoms with Gasteiger partial charge in [-0.05, 0) is 62.8 Å². The van der Waals surface area contributed by atoms with E-state index in [4.69, 9.17) is 0 Å². The molecule has 37 heavy (non-hydrogen) atoms. The smallest absolute Gasteiger partial charge is 0.251 e. The van der Waals surface area contributed by atoms with Crippen LogP contribution in [0.2, 0.25) is 0 Å². The van der Waals surface area contributed by atoms with E-state index in [0.717, 1.165) is 34.9 Å². The van der Waals surface area contributed by atoms with Crippen LogP contribution in [-0.2, 0) is 29.4 Å². The third kappa shape index (κ3) is 5.26. The molecule has 1 aliphatic heterocycles. The Balaban J connectivity index is 1.47. The minimum atomic E-state index is -3.49. The van der Waals surface area contributed by atoms with Gasteiger partial charge in [0.15, 0.2) is 0 Å². The molecule has 198 valence electrons. The summed E-state index contributed by atoms with van der Waals surface area (Å²) in [6.07, 6.45) is 4.27. The lowest BCUT2D eigenvalue weighted by molar-refractivity contribution is 0.0824. The number of hydrogen-bond acceptors (Lipinski definition) is 5. The minimum Gasteiger partial charge on any atom is -0.390 e. The third-order valence-corrected chi connectivity index (χ3v) is 9.60. The SMILES string of the molecule is CCn1cc2c3c(cc(C(=O)N[C@@H](Cc4ccccc4)[C@H](O)CNC4(C)CC4)cc31)N(C)S(=O)(=O)CC2.